The molecule has 1 heterocycles. The first-order valence-electron chi connectivity index (χ1n) is 8.58. The lowest BCUT2D eigenvalue weighted by molar-refractivity contribution is -0.113. The van der Waals surface area contributed by atoms with Crippen LogP contribution in [0, 0.1) is 12.7 Å². The van der Waals surface area contributed by atoms with Crippen molar-refractivity contribution in [2.45, 2.75) is 26.0 Å². The van der Waals surface area contributed by atoms with Crippen molar-refractivity contribution in [1.29, 1.82) is 0 Å². The first-order valence-corrected chi connectivity index (χ1v) is 9.73. The van der Waals surface area contributed by atoms with Crippen LogP contribution >= 0.6 is 11.8 Å². The number of hydrogen-bond donors (Lipinski definition) is 1. The second-order valence-electron chi connectivity index (χ2n) is 6.11. The van der Waals surface area contributed by atoms with E-state index in [4.69, 9.17) is 0 Å². The van der Waals surface area contributed by atoms with Gasteiger partial charge in [0.05, 0.1) is 11.3 Å². The first kappa shape index (κ1) is 18.4. The molecule has 1 aromatic heterocycles. The van der Waals surface area contributed by atoms with Gasteiger partial charge >= 0.3 is 0 Å². The summed E-state index contributed by atoms with van der Waals surface area (Å²) in [6, 6.07) is 12.7. The van der Waals surface area contributed by atoms with Gasteiger partial charge in [-0.25, -0.2) is 4.39 Å². The predicted molar refractivity (Wildman–Crippen MR) is 107 cm³/mol. The molecule has 0 fully saturated rings. The topological polar surface area (TPSA) is 42.0 Å². The summed E-state index contributed by atoms with van der Waals surface area (Å²) in [5, 5.41) is 3.54. The summed E-state index contributed by atoms with van der Waals surface area (Å²) < 4.78 is 13.9. The molecule has 0 atom stereocenters. The van der Waals surface area contributed by atoms with Crippen molar-refractivity contribution in [3.8, 4) is 0 Å². The number of benzene rings is 2. The molecule has 1 amide bonds. The lowest BCUT2D eigenvalue weighted by Crippen LogP contribution is -2.16. The molecule has 1 N–H and O–H groups in total. The number of rotatable bonds is 6. The van der Waals surface area contributed by atoms with Crippen LogP contribution in [0.1, 0.15) is 23.6 Å². The summed E-state index contributed by atoms with van der Waals surface area (Å²) in [4.78, 5) is 16.6. The molecule has 0 saturated heterocycles. The number of halogens is 1. The lowest BCUT2D eigenvalue weighted by atomic mass is 10.1. The van der Waals surface area contributed by atoms with Gasteiger partial charge in [-0.3, -0.25) is 9.78 Å². The molecule has 0 spiro atoms. The Kier molecular flexibility index (Phi) is 5.89. The smallest absolute Gasteiger partial charge is 0.234 e. The molecule has 0 radical (unpaired) electrons. The Morgan fingerprint density at radius 1 is 1.15 bits per heavy atom. The van der Waals surface area contributed by atoms with Gasteiger partial charge in [-0.05, 0) is 48.2 Å². The van der Waals surface area contributed by atoms with Gasteiger partial charge in [0.1, 0.15) is 5.82 Å². The number of nitrogens with one attached hydrogen (secondary N) is 1. The zero-order chi connectivity index (χ0) is 18.5. The number of thioether (sulfide) groups is 1. The third-order valence-corrected chi connectivity index (χ3v) is 5.28. The fourth-order valence-electron chi connectivity index (χ4n) is 2.94. The van der Waals surface area contributed by atoms with Crippen LogP contribution in [-0.2, 0) is 17.0 Å². The summed E-state index contributed by atoms with van der Waals surface area (Å²) in [5.41, 5.74) is 4.71. The van der Waals surface area contributed by atoms with E-state index in [1.54, 1.807) is 24.4 Å². The third-order valence-electron chi connectivity index (χ3n) is 4.30. The van der Waals surface area contributed by atoms with Gasteiger partial charge in [-0.2, -0.15) is 0 Å². The number of aryl methyl sites for hydroxylation is 2. The minimum atomic E-state index is -0.272. The minimum Gasteiger partial charge on any atom is -0.325 e. The molecule has 0 aliphatic rings. The molecule has 0 saturated carbocycles. The number of anilines is 1. The Balaban J connectivity index is 1.64. The van der Waals surface area contributed by atoms with Crippen LogP contribution in [0.25, 0.3) is 10.9 Å². The van der Waals surface area contributed by atoms with E-state index in [0.717, 1.165) is 28.8 Å². The summed E-state index contributed by atoms with van der Waals surface area (Å²) in [6.45, 7) is 4.07. The highest BCUT2D eigenvalue weighted by Crippen LogP contribution is 2.24. The van der Waals surface area contributed by atoms with Crippen LogP contribution in [-0.4, -0.2) is 16.6 Å². The number of hydrogen-bond acceptors (Lipinski definition) is 3. The molecule has 0 aliphatic heterocycles. The van der Waals surface area contributed by atoms with Gasteiger partial charge < -0.3 is 5.32 Å². The molecule has 0 bridgehead atoms. The molecule has 3 aromatic rings. The SMILES string of the molecule is CCc1cccc(C)c1NC(=O)CSCc1ccc(F)c2cccnc12. The zero-order valence-corrected chi connectivity index (χ0v) is 15.7. The maximum Gasteiger partial charge on any atom is 0.234 e. The van der Waals surface area contributed by atoms with Gasteiger partial charge in [0.25, 0.3) is 0 Å². The molecule has 26 heavy (non-hydrogen) atoms. The predicted octanol–water partition coefficient (Wildman–Crippen LogP) is 5.12. The molecular weight excluding hydrogens is 347 g/mol. The summed E-state index contributed by atoms with van der Waals surface area (Å²) in [5.74, 6) is 0.642. The summed E-state index contributed by atoms with van der Waals surface area (Å²) in [7, 11) is 0. The molecular formula is C21H21FN2OS. The average molecular weight is 368 g/mol. The average Bonchev–Trinajstić information content (AvgIpc) is 2.65. The number of fused-ring (bicyclic) bond motifs is 1. The largest absolute Gasteiger partial charge is 0.325 e. The molecule has 3 nitrogen and oxygen atoms in total. The number of nitrogens with zero attached hydrogens (tertiary/aromatic N) is 1. The monoisotopic (exact) mass is 368 g/mol. The highest BCUT2D eigenvalue weighted by molar-refractivity contribution is 7.99. The van der Waals surface area contributed by atoms with E-state index in [1.165, 1.54) is 17.8 Å². The van der Waals surface area contributed by atoms with E-state index in [0.29, 0.717) is 22.4 Å². The van der Waals surface area contributed by atoms with Gasteiger partial charge in [-0.1, -0.05) is 31.2 Å². The van der Waals surface area contributed by atoms with Crippen molar-refractivity contribution in [3.05, 3.63) is 71.2 Å². The van der Waals surface area contributed by atoms with Gasteiger partial charge in [-0.15, -0.1) is 11.8 Å². The molecule has 5 heteroatoms. The van der Waals surface area contributed by atoms with Crippen LogP contribution in [0.5, 0.6) is 0 Å². The number of aromatic nitrogens is 1. The Hall–Kier alpha value is -2.40. The zero-order valence-electron chi connectivity index (χ0n) is 14.9. The van der Waals surface area contributed by atoms with Crippen LogP contribution in [0.3, 0.4) is 0 Å². The molecule has 134 valence electrons. The summed E-state index contributed by atoms with van der Waals surface area (Å²) >= 11 is 1.50. The first-order chi connectivity index (χ1) is 12.6. The van der Waals surface area contributed by atoms with E-state index in [1.807, 2.05) is 25.1 Å². The summed E-state index contributed by atoms with van der Waals surface area (Å²) in [6.07, 6.45) is 2.53. The fraction of sp³-hybridized carbons (Fsp3) is 0.238. The number of amides is 1. The van der Waals surface area contributed by atoms with E-state index < -0.39 is 0 Å². The van der Waals surface area contributed by atoms with Crippen molar-refractivity contribution in [3.63, 3.8) is 0 Å². The second kappa shape index (κ2) is 8.32. The van der Waals surface area contributed by atoms with E-state index in [2.05, 4.69) is 17.2 Å². The third kappa shape index (κ3) is 4.05. The van der Waals surface area contributed by atoms with Crippen LogP contribution in [0.15, 0.2) is 48.7 Å². The second-order valence-corrected chi connectivity index (χ2v) is 7.10. The van der Waals surface area contributed by atoms with E-state index in [-0.39, 0.29) is 11.7 Å². The quantitative estimate of drug-likeness (QED) is 0.657. The number of pyridine rings is 1. The van der Waals surface area contributed by atoms with Crippen molar-refractivity contribution in [1.82, 2.24) is 4.98 Å². The van der Waals surface area contributed by atoms with Crippen LogP contribution in [0.4, 0.5) is 10.1 Å². The molecule has 3 rings (SSSR count). The van der Waals surface area contributed by atoms with Gasteiger partial charge in [0.2, 0.25) is 5.91 Å². The number of carbonyl (C=O) groups is 1. The Bertz CT molecular complexity index is 942. The molecule has 0 unspecified atom stereocenters. The Morgan fingerprint density at radius 3 is 2.81 bits per heavy atom. The van der Waals surface area contributed by atoms with Gasteiger partial charge in [0, 0.05) is 23.0 Å². The van der Waals surface area contributed by atoms with Crippen LogP contribution in [0.2, 0.25) is 0 Å². The lowest BCUT2D eigenvalue weighted by Gasteiger charge is -2.13. The van der Waals surface area contributed by atoms with Crippen molar-refractivity contribution < 1.29 is 9.18 Å². The van der Waals surface area contributed by atoms with Crippen molar-refractivity contribution in [2.24, 2.45) is 0 Å². The van der Waals surface area contributed by atoms with Gasteiger partial charge in [0.15, 0.2) is 0 Å². The van der Waals surface area contributed by atoms with Crippen molar-refractivity contribution >= 4 is 34.3 Å². The standard InChI is InChI=1S/C21H21FN2OS/c1-3-15-7-4-6-14(2)20(15)24-19(25)13-26-12-16-9-10-18(22)17-8-5-11-23-21(16)17/h4-11H,3,12-13H2,1-2H3,(H,24,25). The maximum atomic E-state index is 13.9. The molecule has 0 aliphatic carbocycles. The highest BCUT2D eigenvalue weighted by atomic mass is 32.2. The maximum absolute atomic E-state index is 13.9. The van der Waals surface area contributed by atoms with Crippen molar-refractivity contribution in [2.75, 3.05) is 11.1 Å². The van der Waals surface area contributed by atoms with E-state index in [9.17, 15) is 9.18 Å². The fourth-order valence-corrected chi connectivity index (χ4v) is 3.76. The Labute approximate surface area is 157 Å². The molecule has 2 aromatic carbocycles. The Morgan fingerprint density at radius 2 is 2.00 bits per heavy atom. The van der Waals surface area contributed by atoms with Crippen LogP contribution < -0.4 is 5.32 Å². The number of carbonyl (C=O) groups excluding carboxylic acids is 1. The highest BCUT2D eigenvalue weighted by Gasteiger charge is 2.10. The van der Waals surface area contributed by atoms with E-state index >= 15 is 0 Å². The normalized spacial score (nSPS) is 10.9. The minimum absolute atomic E-state index is 0.0293. The number of para-hydroxylation sites is 1.